The summed E-state index contributed by atoms with van der Waals surface area (Å²) in [5, 5.41) is 60.4. The molecule has 5 N–H and O–H groups in total. The van der Waals surface area contributed by atoms with Crippen LogP contribution in [0.2, 0.25) is 0 Å². The number of hydrogen-bond acceptors (Lipinski definition) is 9. The van der Waals surface area contributed by atoms with Crippen LogP contribution in [0, 0.1) is 40.4 Å². The summed E-state index contributed by atoms with van der Waals surface area (Å²) in [5.41, 5.74) is -4.19. The molecule has 0 radical (unpaired) electrons. The van der Waals surface area contributed by atoms with E-state index < -0.39 is 64.5 Å². The highest BCUT2D eigenvalue weighted by molar-refractivity contribution is 5.91. The third kappa shape index (κ3) is 12.7. The molecule has 6 saturated carbocycles. The molecule has 0 spiro atoms. The van der Waals surface area contributed by atoms with Gasteiger partial charge in [0.15, 0.2) is 0 Å². The molecule has 0 aromatic heterocycles. The van der Waals surface area contributed by atoms with Gasteiger partial charge in [-0.25, -0.2) is 4.79 Å². The molecule has 1 heterocycles. The van der Waals surface area contributed by atoms with Gasteiger partial charge in [-0.1, -0.05) is 219 Å². The van der Waals surface area contributed by atoms with Crippen LogP contribution in [0.3, 0.4) is 0 Å². The zero-order valence-electron chi connectivity index (χ0n) is 44.2. The van der Waals surface area contributed by atoms with Crippen molar-refractivity contribution in [1.29, 1.82) is 0 Å². The first-order chi connectivity index (χ1) is 35.9. The lowest BCUT2D eigenvalue weighted by atomic mass is 9.55. The lowest BCUT2D eigenvalue weighted by Crippen LogP contribution is -2.52. The van der Waals surface area contributed by atoms with Gasteiger partial charge in [0, 0.05) is 6.42 Å². The normalized spacial score (nSPS) is 30.8. The third-order valence-electron chi connectivity index (χ3n) is 19.1. The van der Waals surface area contributed by atoms with E-state index in [0.717, 1.165) is 140 Å². The summed E-state index contributed by atoms with van der Waals surface area (Å²) in [4.78, 5) is 30.1. The van der Waals surface area contributed by atoms with Crippen LogP contribution >= 0.6 is 0 Å². The molecule has 402 valence electrons. The molecule has 2 aromatic carbocycles. The molecule has 7 fully saturated rings. The van der Waals surface area contributed by atoms with Crippen molar-refractivity contribution in [1.82, 2.24) is 0 Å². The van der Waals surface area contributed by atoms with Crippen molar-refractivity contribution < 1.29 is 44.6 Å². The van der Waals surface area contributed by atoms with Crippen molar-refractivity contribution in [2.45, 2.75) is 215 Å². The van der Waals surface area contributed by atoms with Gasteiger partial charge in [0.05, 0.1) is 53.3 Å². The Labute approximate surface area is 442 Å². The van der Waals surface area contributed by atoms with Crippen LogP contribution in [0.5, 0.6) is 0 Å². The Morgan fingerprint density at radius 3 is 1.28 bits per heavy atom. The van der Waals surface area contributed by atoms with Gasteiger partial charge in [-0.3, -0.25) is 4.79 Å². The first kappa shape index (κ1) is 54.7. The predicted molar refractivity (Wildman–Crippen MR) is 292 cm³/mol. The zero-order chi connectivity index (χ0) is 51.6. The maximum Gasteiger partial charge on any atom is 0.339 e. The number of benzene rings is 2. The van der Waals surface area contributed by atoms with Crippen LogP contribution in [0.15, 0.2) is 115 Å². The molecule has 2 aromatic rings. The molecule has 0 bridgehead atoms. The minimum Gasteiger partial charge on any atom is -0.454 e. The lowest BCUT2D eigenvalue weighted by molar-refractivity contribution is -0.147. The van der Waals surface area contributed by atoms with Crippen molar-refractivity contribution in [2.24, 2.45) is 40.4 Å². The monoisotopic (exact) mass is 1010 g/mol. The van der Waals surface area contributed by atoms with E-state index in [1.54, 1.807) is 42.5 Å². The maximum absolute atomic E-state index is 15.4. The molecule has 1 aliphatic heterocycles. The summed E-state index contributed by atoms with van der Waals surface area (Å²) in [5.74, 6) is 0.617. The van der Waals surface area contributed by atoms with Gasteiger partial charge in [0.2, 0.25) is 0 Å². The average molecular weight is 1010 g/mol. The predicted octanol–water partition coefficient (Wildman–Crippen LogP) is 12.8. The zero-order valence-corrected chi connectivity index (χ0v) is 44.2. The molecular formula is C65H88O9. The Balaban J connectivity index is 1.25. The largest absolute Gasteiger partial charge is 0.454 e. The quantitative estimate of drug-likeness (QED) is 0.0541. The van der Waals surface area contributed by atoms with Crippen LogP contribution in [0.4, 0.5) is 0 Å². The number of ether oxygens (including phenoxy) is 2. The van der Waals surface area contributed by atoms with E-state index in [-0.39, 0.29) is 12.8 Å². The van der Waals surface area contributed by atoms with Crippen LogP contribution < -0.4 is 0 Å². The van der Waals surface area contributed by atoms with E-state index in [2.05, 4.69) is 0 Å². The van der Waals surface area contributed by atoms with Gasteiger partial charge >= 0.3 is 11.9 Å². The third-order valence-corrected chi connectivity index (χ3v) is 19.1. The molecule has 9 rings (SSSR count). The highest BCUT2D eigenvalue weighted by Gasteiger charge is 2.80. The summed E-state index contributed by atoms with van der Waals surface area (Å²) in [6.07, 6.45) is 37.9. The number of rotatable bonds is 23. The van der Waals surface area contributed by atoms with Crippen molar-refractivity contribution in [3.8, 4) is 11.1 Å². The summed E-state index contributed by atoms with van der Waals surface area (Å²) in [7, 11) is 0. The molecule has 74 heavy (non-hydrogen) atoms. The highest BCUT2D eigenvalue weighted by atomic mass is 16.6. The van der Waals surface area contributed by atoms with Gasteiger partial charge in [-0.05, 0) is 97.1 Å². The number of carbonyl (C=O) groups is 2. The molecule has 6 aliphatic carbocycles. The van der Waals surface area contributed by atoms with E-state index in [4.69, 9.17) is 9.47 Å². The molecule has 1 saturated heterocycles. The van der Waals surface area contributed by atoms with Gasteiger partial charge in [-0.2, -0.15) is 0 Å². The first-order valence-corrected chi connectivity index (χ1v) is 29.4. The summed E-state index contributed by atoms with van der Waals surface area (Å²) in [6.45, 7) is 0. The van der Waals surface area contributed by atoms with Crippen molar-refractivity contribution in [2.75, 3.05) is 0 Å². The molecule has 9 heteroatoms. The van der Waals surface area contributed by atoms with E-state index in [0.29, 0.717) is 67.3 Å². The van der Waals surface area contributed by atoms with Gasteiger partial charge in [0.25, 0.3) is 0 Å². The fraction of sp³-hybridized carbons (Fsp3) is 0.631. The minimum atomic E-state index is -1.76. The van der Waals surface area contributed by atoms with Crippen LogP contribution in [0.1, 0.15) is 184 Å². The number of esters is 2. The highest BCUT2D eigenvalue weighted by Crippen LogP contribution is 2.73. The second kappa shape index (κ2) is 24.9. The van der Waals surface area contributed by atoms with Crippen LogP contribution in [0.25, 0.3) is 11.1 Å². The Kier molecular flexibility index (Phi) is 18.4. The fourth-order valence-corrected chi connectivity index (χ4v) is 15.2. The van der Waals surface area contributed by atoms with Gasteiger partial charge in [0.1, 0.15) is 11.2 Å². The van der Waals surface area contributed by atoms with Gasteiger partial charge < -0.3 is 35.0 Å². The number of carbonyl (C=O) groups excluding carboxylic acids is 2. The van der Waals surface area contributed by atoms with Crippen molar-refractivity contribution >= 4 is 11.9 Å². The summed E-state index contributed by atoms with van der Waals surface area (Å²) in [6, 6.07) is 17.3. The average Bonchev–Trinajstić information content (AvgIpc) is 4.27. The molecule has 8 atom stereocenters. The summed E-state index contributed by atoms with van der Waals surface area (Å²) >= 11 is 0. The molecule has 0 amide bonds. The Morgan fingerprint density at radius 1 is 0.500 bits per heavy atom. The topological polar surface area (TPSA) is 154 Å². The standard InChI is InChI=1S/C65H88O9/c66-55(40-47-14-4-5-15-47)30-35-62(36-31-56(67)41-48-16-6-7-17-48)63(37-32-57(68)42-49-18-8-9-19-49)45-60(71)73-65(63,39-34-59(70)44-51-22-12-13-23-51)46-64(62,38-33-58(69)43-50-20-10-11-21-50)74-61(72)54-28-26-53(27-29-54)52-24-2-1-3-25-52/h1-3,24-39,47-51,55-59,66-70H,4-23,40-46H2. The minimum absolute atomic E-state index is 0.117. The fourth-order valence-electron chi connectivity index (χ4n) is 15.2. The molecule has 9 nitrogen and oxygen atoms in total. The van der Waals surface area contributed by atoms with Crippen LogP contribution in [-0.2, 0) is 14.3 Å². The number of aliphatic hydroxyl groups excluding tert-OH is 5. The second-order valence-corrected chi connectivity index (χ2v) is 24.3. The Bertz CT molecular complexity index is 2240. The van der Waals surface area contributed by atoms with Crippen molar-refractivity contribution in [3.63, 3.8) is 0 Å². The Hall–Kier alpha value is -4.12. The smallest absolute Gasteiger partial charge is 0.339 e. The van der Waals surface area contributed by atoms with E-state index >= 15 is 4.79 Å². The van der Waals surface area contributed by atoms with E-state index in [1.807, 2.05) is 72.8 Å². The van der Waals surface area contributed by atoms with E-state index in [1.165, 1.54) is 0 Å². The lowest BCUT2D eigenvalue weighted by Gasteiger charge is -2.48. The first-order valence-electron chi connectivity index (χ1n) is 29.4. The second-order valence-electron chi connectivity index (χ2n) is 24.3. The molecule has 7 aliphatic rings. The number of fused-ring (bicyclic) bond motifs is 1. The van der Waals surface area contributed by atoms with E-state index in [9.17, 15) is 30.3 Å². The van der Waals surface area contributed by atoms with Crippen molar-refractivity contribution in [3.05, 3.63) is 121 Å². The Morgan fingerprint density at radius 2 is 0.865 bits per heavy atom. The maximum atomic E-state index is 15.4. The molecule has 8 unspecified atom stereocenters. The SMILES string of the molecule is O=C1CC2(C=CC(O)CC3CCCC3)C(C=CC(O)CC3CCCC3)(CC(C=CC(O)CC3CCCC3)(OC(=O)c3ccc(-c4ccccc4)cc3)C2(C=CC(O)CC2CCCC2)C=CC(O)CC2CCCC2)O1. The number of hydrogen-bond donors (Lipinski definition) is 5. The summed E-state index contributed by atoms with van der Waals surface area (Å²) < 4.78 is 14.1. The number of aliphatic hydroxyl groups is 5. The molecular weight excluding hydrogens is 925 g/mol. The van der Waals surface area contributed by atoms with Crippen LogP contribution in [-0.4, -0.2) is 79.2 Å². The van der Waals surface area contributed by atoms with Gasteiger partial charge in [-0.15, -0.1) is 0 Å².